The van der Waals surface area contributed by atoms with E-state index in [0.717, 1.165) is 32.1 Å². The number of allylic oxidation sites excluding steroid dienone is 4. The highest BCUT2D eigenvalue weighted by atomic mass is 16.6. The molecule has 0 spiro atoms. The zero-order valence-electron chi connectivity index (χ0n) is 13.3. The van der Waals surface area contributed by atoms with Gasteiger partial charge in [0.05, 0.1) is 12.2 Å². The van der Waals surface area contributed by atoms with E-state index in [1.807, 2.05) is 0 Å². The van der Waals surface area contributed by atoms with Gasteiger partial charge in [-0.3, -0.25) is 4.79 Å². The van der Waals surface area contributed by atoms with E-state index in [1.54, 1.807) is 0 Å². The number of unbranched alkanes of at least 4 members (excludes halogenated alkanes) is 3. The van der Waals surface area contributed by atoms with Gasteiger partial charge < -0.3 is 9.84 Å². The van der Waals surface area contributed by atoms with Gasteiger partial charge in [-0.15, -0.1) is 0 Å². The highest BCUT2D eigenvalue weighted by molar-refractivity contribution is 5.66. The number of epoxide rings is 1. The summed E-state index contributed by atoms with van der Waals surface area (Å²) in [5.41, 5.74) is 0. The molecule has 120 valence electrons. The van der Waals surface area contributed by atoms with E-state index in [1.165, 1.54) is 25.7 Å². The Morgan fingerprint density at radius 3 is 2.43 bits per heavy atom. The average Bonchev–Trinajstić information content (AvgIpc) is 3.19. The first-order valence-corrected chi connectivity index (χ1v) is 8.41. The van der Waals surface area contributed by atoms with Crippen molar-refractivity contribution in [3.8, 4) is 0 Å². The number of carboxylic acid groups (broad SMARTS) is 1. The van der Waals surface area contributed by atoms with Gasteiger partial charge in [-0.1, -0.05) is 44.1 Å². The molecule has 0 unspecified atom stereocenters. The molecule has 1 aliphatic rings. The van der Waals surface area contributed by atoms with E-state index in [4.69, 9.17) is 9.84 Å². The predicted molar refractivity (Wildman–Crippen MR) is 86.4 cm³/mol. The van der Waals surface area contributed by atoms with Crippen LogP contribution in [0.5, 0.6) is 0 Å². The van der Waals surface area contributed by atoms with Crippen LogP contribution < -0.4 is 0 Å². The van der Waals surface area contributed by atoms with Crippen molar-refractivity contribution >= 4 is 5.97 Å². The Labute approximate surface area is 129 Å². The quantitative estimate of drug-likeness (QED) is 0.299. The fraction of sp³-hybridized carbons (Fsp3) is 0.722. The summed E-state index contributed by atoms with van der Waals surface area (Å²) in [5.74, 6) is -0.710. The van der Waals surface area contributed by atoms with Crippen LogP contribution in [0.25, 0.3) is 0 Å². The van der Waals surface area contributed by atoms with Crippen LogP contribution in [0.2, 0.25) is 0 Å². The molecule has 0 aromatic rings. The van der Waals surface area contributed by atoms with E-state index in [-0.39, 0.29) is 6.42 Å². The van der Waals surface area contributed by atoms with Crippen molar-refractivity contribution in [1.29, 1.82) is 0 Å². The third-order valence-electron chi connectivity index (χ3n) is 3.76. The van der Waals surface area contributed by atoms with Gasteiger partial charge >= 0.3 is 5.97 Å². The second-order valence-corrected chi connectivity index (χ2v) is 5.75. The first-order chi connectivity index (χ1) is 10.2. The minimum Gasteiger partial charge on any atom is -0.481 e. The molecule has 1 fully saturated rings. The van der Waals surface area contributed by atoms with Crippen LogP contribution in [0, 0.1) is 0 Å². The lowest BCUT2D eigenvalue weighted by Crippen LogP contribution is -1.98. The molecule has 0 radical (unpaired) electrons. The lowest BCUT2D eigenvalue weighted by atomic mass is 10.1. The molecule has 0 aromatic heterocycles. The molecule has 0 bridgehead atoms. The van der Waals surface area contributed by atoms with Crippen molar-refractivity contribution in [2.75, 3.05) is 0 Å². The molecule has 0 amide bonds. The van der Waals surface area contributed by atoms with Gasteiger partial charge in [0.15, 0.2) is 0 Å². The molecule has 0 aliphatic carbocycles. The molecule has 1 rings (SSSR count). The zero-order chi connectivity index (χ0) is 15.3. The minimum absolute atomic E-state index is 0.261. The van der Waals surface area contributed by atoms with Crippen LogP contribution in [0.1, 0.15) is 71.1 Å². The van der Waals surface area contributed by atoms with Gasteiger partial charge in [0, 0.05) is 6.42 Å². The third-order valence-corrected chi connectivity index (χ3v) is 3.76. The second kappa shape index (κ2) is 11.6. The summed E-state index contributed by atoms with van der Waals surface area (Å²) in [6, 6.07) is 0. The minimum atomic E-state index is -0.710. The highest BCUT2D eigenvalue weighted by Crippen LogP contribution is 2.30. The number of hydrogen-bond donors (Lipinski definition) is 1. The Morgan fingerprint density at radius 1 is 1.00 bits per heavy atom. The number of hydrogen-bond acceptors (Lipinski definition) is 2. The Kier molecular flexibility index (Phi) is 9.88. The van der Waals surface area contributed by atoms with Crippen LogP contribution in [0.15, 0.2) is 24.3 Å². The fourth-order valence-corrected chi connectivity index (χ4v) is 2.42. The van der Waals surface area contributed by atoms with E-state index >= 15 is 0 Å². The van der Waals surface area contributed by atoms with Crippen LogP contribution in [0.4, 0.5) is 0 Å². The van der Waals surface area contributed by atoms with Crippen LogP contribution in [-0.2, 0) is 9.53 Å². The molecule has 0 saturated carbocycles. The fourth-order valence-electron chi connectivity index (χ4n) is 2.42. The Balaban J connectivity index is 1.88. The molecule has 1 heterocycles. The summed E-state index contributed by atoms with van der Waals surface area (Å²) >= 11 is 0. The van der Waals surface area contributed by atoms with Gasteiger partial charge in [0.2, 0.25) is 0 Å². The number of ether oxygens (including phenoxy) is 1. The van der Waals surface area contributed by atoms with Gasteiger partial charge in [-0.2, -0.15) is 0 Å². The summed E-state index contributed by atoms with van der Waals surface area (Å²) in [4.78, 5) is 10.4. The third kappa shape index (κ3) is 10.3. The van der Waals surface area contributed by atoms with Gasteiger partial charge in [0.1, 0.15) is 0 Å². The molecular formula is C18H30O3. The van der Waals surface area contributed by atoms with Gasteiger partial charge in [0.25, 0.3) is 0 Å². The van der Waals surface area contributed by atoms with E-state index in [0.29, 0.717) is 12.2 Å². The smallest absolute Gasteiger partial charge is 0.303 e. The van der Waals surface area contributed by atoms with Crippen LogP contribution in [-0.4, -0.2) is 23.3 Å². The largest absolute Gasteiger partial charge is 0.481 e. The van der Waals surface area contributed by atoms with Gasteiger partial charge in [-0.05, 0) is 44.9 Å². The van der Waals surface area contributed by atoms with Crippen molar-refractivity contribution < 1.29 is 14.6 Å². The second-order valence-electron chi connectivity index (χ2n) is 5.75. The molecule has 3 heteroatoms. The molecule has 1 aliphatic heterocycles. The van der Waals surface area contributed by atoms with Gasteiger partial charge in [-0.25, -0.2) is 0 Å². The maximum absolute atomic E-state index is 10.4. The number of rotatable bonds is 13. The first kappa shape index (κ1) is 18.0. The molecule has 2 atom stereocenters. The van der Waals surface area contributed by atoms with E-state index in [2.05, 4.69) is 31.2 Å². The Morgan fingerprint density at radius 2 is 1.71 bits per heavy atom. The lowest BCUT2D eigenvalue weighted by Gasteiger charge is -1.93. The molecular weight excluding hydrogens is 264 g/mol. The Bertz CT molecular complexity index is 333. The lowest BCUT2D eigenvalue weighted by molar-refractivity contribution is -0.137. The summed E-state index contributed by atoms with van der Waals surface area (Å²) in [6.45, 7) is 2.23. The monoisotopic (exact) mass is 294 g/mol. The topological polar surface area (TPSA) is 49.8 Å². The Hall–Kier alpha value is -1.09. The molecule has 0 aromatic carbocycles. The van der Waals surface area contributed by atoms with Crippen LogP contribution >= 0.6 is 0 Å². The maximum Gasteiger partial charge on any atom is 0.303 e. The predicted octanol–water partition coefficient (Wildman–Crippen LogP) is 4.87. The summed E-state index contributed by atoms with van der Waals surface area (Å²) < 4.78 is 5.54. The SMILES string of the molecule is CCCCC/C=C\C/C=C\CC[C@@H]1O[C@@H]1CCCC(=O)O. The number of aliphatic carboxylic acids is 1. The molecule has 1 saturated heterocycles. The maximum atomic E-state index is 10.4. The van der Waals surface area contributed by atoms with Crippen molar-refractivity contribution in [3.63, 3.8) is 0 Å². The average molecular weight is 294 g/mol. The van der Waals surface area contributed by atoms with Crippen molar-refractivity contribution in [2.45, 2.75) is 83.3 Å². The van der Waals surface area contributed by atoms with Crippen LogP contribution in [0.3, 0.4) is 0 Å². The molecule has 1 N–H and O–H groups in total. The highest BCUT2D eigenvalue weighted by Gasteiger charge is 2.36. The standard InChI is InChI=1S/C18H30O3/c1-2-3-4-5-6-7-8-9-10-11-13-16-17(21-16)14-12-15-18(19)20/h6-7,9-10,16-17H,2-5,8,11-15H2,1H3,(H,19,20)/b7-6-,10-9-/t16-,17+/m0/s1. The zero-order valence-corrected chi connectivity index (χ0v) is 13.3. The van der Waals surface area contributed by atoms with Crippen molar-refractivity contribution in [3.05, 3.63) is 24.3 Å². The number of carboxylic acids is 1. The summed E-state index contributed by atoms with van der Waals surface area (Å²) in [5, 5.41) is 8.56. The van der Waals surface area contributed by atoms with Crippen molar-refractivity contribution in [1.82, 2.24) is 0 Å². The summed E-state index contributed by atoms with van der Waals surface area (Å²) in [7, 11) is 0. The van der Waals surface area contributed by atoms with E-state index < -0.39 is 5.97 Å². The number of carbonyl (C=O) groups is 1. The summed E-state index contributed by atoms with van der Waals surface area (Å²) in [6.07, 6.45) is 19.8. The normalized spacial score (nSPS) is 21.4. The first-order valence-electron chi connectivity index (χ1n) is 8.41. The molecule has 3 nitrogen and oxygen atoms in total. The van der Waals surface area contributed by atoms with Crippen molar-refractivity contribution in [2.24, 2.45) is 0 Å². The molecule has 21 heavy (non-hydrogen) atoms. The van der Waals surface area contributed by atoms with E-state index in [9.17, 15) is 4.79 Å².